The molecule has 0 aliphatic rings. The molecule has 1 aromatic rings. The Labute approximate surface area is 57.9 Å². The van der Waals surface area contributed by atoms with E-state index in [2.05, 4.69) is 5.11 Å². The van der Waals surface area contributed by atoms with Crippen LogP contribution in [-0.4, -0.2) is 6.54 Å². The van der Waals surface area contributed by atoms with Gasteiger partial charge in [-0.2, -0.15) is 0 Å². The number of hydrogen-bond donors (Lipinski definition) is 1. The Kier molecular flexibility index (Phi) is 1.20. The third-order valence-corrected chi connectivity index (χ3v) is 1.21. The summed E-state index contributed by atoms with van der Waals surface area (Å²) in [5, 5.41) is 4.09. The molecule has 0 radical (unpaired) electrons. The number of aliphatic hydroxyl groups is 1. The van der Waals surface area contributed by atoms with Crippen LogP contribution in [0.3, 0.4) is 0 Å². The minimum absolute atomic E-state index is 0.714. The summed E-state index contributed by atoms with van der Waals surface area (Å²) in [6, 6.07) is 7.38. The fourth-order valence-corrected chi connectivity index (χ4v) is 0.645. The van der Waals surface area contributed by atoms with Crippen molar-refractivity contribution < 1.29 is 6.48 Å². The van der Waals surface area contributed by atoms with Crippen molar-refractivity contribution in [2.75, 3.05) is 0 Å². The molecule has 0 saturated heterocycles. The maximum absolute atomic E-state index is 7.22. The molecule has 0 spiro atoms. The summed E-state index contributed by atoms with van der Waals surface area (Å²) in [5.41, 5.74) is 1.86. The van der Waals surface area contributed by atoms with E-state index < -0.39 is 6.58 Å². The van der Waals surface area contributed by atoms with E-state index in [1.807, 2.05) is 19.1 Å². The van der Waals surface area contributed by atoms with Gasteiger partial charge in [0, 0.05) is 0 Å². The lowest BCUT2D eigenvalue weighted by Gasteiger charge is -1.93. The average Bonchev–Trinajstić information content (AvgIpc) is 2.05. The highest BCUT2D eigenvalue weighted by atomic mass is 16.3. The van der Waals surface area contributed by atoms with Gasteiger partial charge in [-0.05, 0) is 12.5 Å². The fourth-order valence-electron chi connectivity index (χ4n) is 0.645. The van der Waals surface area contributed by atoms with Gasteiger partial charge in [-0.3, -0.25) is 0 Å². The minimum Gasteiger partial charge on any atom is -0.392 e. The van der Waals surface area contributed by atoms with Crippen molar-refractivity contribution in [1.82, 2.24) is 0 Å². The predicted molar refractivity (Wildman–Crippen MR) is 37.1 cm³/mol. The van der Waals surface area contributed by atoms with Gasteiger partial charge in [-0.1, -0.05) is 29.8 Å². The van der Waals surface area contributed by atoms with E-state index in [0.29, 0.717) is 5.56 Å². The van der Waals surface area contributed by atoms with Gasteiger partial charge in [-0.15, -0.1) is 0 Å². The van der Waals surface area contributed by atoms with Crippen LogP contribution in [0.25, 0.3) is 0 Å². The third kappa shape index (κ3) is 1.54. The normalized spacial score (nSPS) is 16.1. The third-order valence-electron chi connectivity index (χ3n) is 1.21. The zero-order valence-electron chi connectivity index (χ0n) is 7.29. The number of aliphatic hydroxyl groups excluding tert-OH is 1. The van der Waals surface area contributed by atoms with Gasteiger partial charge in [0.2, 0.25) is 1.43 Å². The number of rotatable bonds is 2. The second kappa shape index (κ2) is 2.65. The molecule has 0 amide bonds. The van der Waals surface area contributed by atoms with Gasteiger partial charge in [0.1, 0.15) is 0 Å². The standard InChI is InChI=1S/C8H10O/c1-7-2-4-8(6-9)5-3-7/h2-5,9H,6H2,1H3/i6D,9D. The number of aryl methyl sites for hydroxylation is 1. The quantitative estimate of drug-likeness (QED) is 0.633. The van der Waals surface area contributed by atoms with E-state index >= 15 is 0 Å². The van der Waals surface area contributed by atoms with Crippen molar-refractivity contribution in [2.24, 2.45) is 0 Å². The van der Waals surface area contributed by atoms with Crippen LogP contribution >= 0.6 is 0 Å². The first-order chi connectivity index (χ1) is 5.24. The Morgan fingerprint density at radius 3 is 2.78 bits per heavy atom. The topological polar surface area (TPSA) is 20.2 Å². The van der Waals surface area contributed by atoms with Crippen LogP contribution in [0.1, 0.15) is 12.5 Å². The van der Waals surface area contributed by atoms with Gasteiger partial charge < -0.3 is 5.11 Å². The van der Waals surface area contributed by atoms with Crippen LogP contribution in [0.4, 0.5) is 0 Å². The largest absolute Gasteiger partial charge is 0.392 e. The van der Waals surface area contributed by atoms with Gasteiger partial charge >= 0.3 is 0 Å². The van der Waals surface area contributed by atoms with Crippen LogP contribution in [-0.2, 0) is 6.58 Å². The molecule has 1 rings (SSSR count). The highest BCUT2D eigenvalue weighted by Gasteiger charge is 1.85. The molecule has 1 atom stereocenters. The second-order valence-electron chi connectivity index (χ2n) is 2.03. The molecule has 0 aliphatic heterocycles. The average molecular weight is 124 g/mol. The second-order valence-corrected chi connectivity index (χ2v) is 2.03. The van der Waals surface area contributed by atoms with E-state index in [0.717, 1.165) is 5.56 Å². The molecule has 0 bridgehead atoms. The molecule has 0 heterocycles. The minimum atomic E-state index is -0.879. The predicted octanol–water partition coefficient (Wildman–Crippen LogP) is 1.49. The summed E-state index contributed by atoms with van der Waals surface area (Å²) in [7, 11) is 0. The Hall–Kier alpha value is -0.820. The van der Waals surface area contributed by atoms with Crippen molar-refractivity contribution in [3.8, 4) is 0 Å². The summed E-state index contributed by atoms with van der Waals surface area (Å²) < 4.78 is 13.7. The van der Waals surface area contributed by atoms with Crippen molar-refractivity contribution in [1.29, 1.82) is 1.43 Å². The van der Waals surface area contributed by atoms with Crippen molar-refractivity contribution in [3.05, 3.63) is 35.4 Å². The van der Waals surface area contributed by atoms with Crippen LogP contribution in [0.5, 0.6) is 0 Å². The molecule has 0 saturated carbocycles. The van der Waals surface area contributed by atoms with Crippen LogP contribution in [0.2, 0.25) is 0 Å². The smallest absolute Gasteiger partial charge is 0.211 e. The molecular formula is C8H10O. The Morgan fingerprint density at radius 1 is 1.56 bits per heavy atom. The van der Waals surface area contributed by atoms with E-state index in [-0.39, 0.29) is 0 Å². The molecule has 0 aromatic heterocycles. The van der Waals surface area contributed by atoms with Gasteiger partial charge in [0.15, 0.2) is 0 Å². The maximum Gasteiger partial charge on any atom is 0.211 e. The molecule has 1 unspecified atom stereocenters. The van der Waals surface area contributed by atoms with Crippen LogP contribution in [0, 0.1) is 6.92 Å². The van der Waals surface area contributed by atoms with E-state index in [1.165, 1.54) is 0 Å². The SMILES string of the molecule is [2H]OC([2H])c1ccc(C)cc1. The van der Waals surface area contributed by atoms with Crippen molar-refractivity contribution in [3.63, 3.8) is 0 Å². The maximum atomic E-state index is 7.22. The van der Waals surface area contributed by atoms with Crippen molar-refractivity contribution >= 4 is 0 Å². The lowest BCUT2D eigenvalue weighted by atomic mass is 10.2. The first-order valence-electron chi connectivity index (χ1n) is 3.83. The summed E-state index contributed by atoms with van der Waals surface area (Å²) in [6.07, 6.45) is 0. The highest BCUT2D eigenvalue weighted by Crippen LogP contribution is 2.01. The summed E-state index contributed by atoms with van der Waals surface area (Å²) in [5.74, 6) is 0. The highest BCUT2D eigenvalue weighted by molar-refractivity contribution is 5.20. The van der Waals surface area contributed by atoms with Crippen molar-refractivity contribution in [2.45, 2.75) is 13.5 Å². The zero-order valence-corrected chi connectivity index (χ0v) is 5.29. The molecule has 1 heteroatoms. The monoisotopic (exact) mass is 124 g/mol. The van der Waals surface area contributed by atoms with Gasteiger partial charge in [0.05, 0.1) is 7.95 Å². The molecule has 1 N–H and O–H groups in total. The summed E-state index contributed by atoms with van der Waals surface area (Å²) >= 11 is 0. The summed E-state index contributed by atoms with van der Waals surface area (Å²) in [4.78, 5) is 0. The Morgan fingerprint density at radius 2 is 2.22 bits per heavy atom. The molecule has 1 nitrogen and oxygen atoms in total. The lowest BCUT2D eigenvalue weighted by molar-refractivity contribution is 0.282. The fraction of sp³-hybridized carbons (Fsp3) is 0.250. The van der Waals surface area contributed by atoms with Crippen LogP contribution < -0.4 is 0 Å². The molecule has 0 aliphatic carbocycles. The molecule has 9 heavy (non-hydrogen) atoms. The first kappa shape index (κ1) is 4.07. The van der Waals surface area contributed by atoms with Gasteiger partial charge in [-0.25, -0.2) is 0 Å². The van der Waals surface area contributed by atoms with Gasteiger partial charge in [0.25, 0.3) is 0 Å². The molecular weight excluding hydrogens is 112 g/mol. The molecule has 48 valence electrons. The number of hydrogen-bond acceptors (Lipinski definition) is 1. The van der Waals surface area contributed by atoms with Crippen LogP contribution in [0.15, 0.2) is 24.3 Å². The lowest BCUT2D eigenvalue weighted by Crippen LogP contribution is -1.80. The first-order valence-corrected chi connectivity index (χ1v) is 2.85. The van der Waals surface area contributed by atoms with E-state index in [9.17, 15) is 0 Å². The summed E-state index contributed by atoms with van der Waals surface area (Å²) in [6.45, 7) is 1.10. The van der Waals surface area contributed by atoms with E-state index in [1.54, 1.807) is 12.1 Å². The zero-order chi connectivity index (χ0) is 8.27. The molecule has 0 fully saturated rings. The molecule has 1 aromatic carbocycles. The Balaban J connectivity index is 2.81. The van der Waals surface area contributed by atoms with E-state index in [4.69, 9.17) is 2.80 Å². The number of benzene rings is 1. The Bertz CT molecular complexity index is 220.